The van der Waals surface area contributed by atoms with E-state index in [1.807, 2.05) is 0 Å². The number of carbonyl (C=O) groups is 3. The summed E-state index contributed by atoms with van der Waals surface area (Å²) in [6.45, 7) is 6.28. The Hall–Kier alpha value is -5.75. The molecule has 0 saturated heterocycles. The van der Waals surface area contributed by atoms with E-state index in [0.717, 1.165) is 205 Å². The van der Waals surface area contributed by atoms with Crippen molar-refractivity contribution < 1.29 is 28.6 Å². The highest BCUT2D eigenvalue weighted by Crippen LogP contribution is 2.13. The second-order valence-corrected chi connectivity index (χ2v) is 20.9. The third-order valence-corrected chi connectivity index (χ3v) is 13.0. The van der Waals surface area contributed by atoms with Crippen molar-refractivity contribution in [3.63, 3.8) is 0 Å². The number of carbonyl (C=O) groups excluding carboxylic acids is 3. The molecule has 0 saturated carbocycles. The van der Waals surface area contributed by atoms with Crippen LogP contribution in [0.2, 0.25) is 0 Å². The Morgan fingerprint density at radius 3 is 0.747 bits per heavy atom. The van der Waals surface area contributed by atoms with Gasteiger partial charge in [0.1, 0.15) is 13.2 Å². The van der Waals surface area contributed by atoms with E-state index in [1.54, 1.807) is 0 Å². The molecule has 0 aliphatic carbocycles. The van der Waals surface area contributed by atoms with Gasteiger partial charge in [0.15, 0.2) is 6.10 Å². The van der Waals surface area contributed by atoms with E-state index in [4.69, 9.17) is 14.2 Å². The molecule has 0 N–H and O–H groups in total. The summed E-state index contributed by atoms with van der Waals surface area (Å²) in [5.41, 5.74) is 0. The number of esters is 3. The Kier molecular flexibility index (Phi) is 64.0. The van der Waals surface area contributed by atoms with Crippen LogP contribution in [-0.2, 0) is 28.6 Å². The molecule has 0 aliphatic heterocycles. The topological polar surface area (TPSA) is 78.9 Å². The molecule has 0 spiro atoms. The summed E-state index contributed by atoms with van der Waals surface area (Å²) in [5.74, 6) is -0.989. The summed E-state index contributed by atoms with van der Waals surface area (Å²) in [6.07, 6.45) is 104. The van der Waals surface area contributed by atoms with Gasteiger partial charge in [-0.2, -0.15) is 0 Å². The summed E-state index contributed by atoms with van der Waals surface area (Å²) in [5, 5.41) is 0. The molecular weight excluding hydrogens is 1020 g/mol. The van der Waals surface area contributed by atoms with Crippen LogP contribution in [0.25, 0.3) is 0 Å². The first-order chi connectivity index (χ1) is 41.0. The predicted octanol–water partition coefficient (Wildman–Crippen LogP) is 23.0. The molecule has 0 radical (unpaired) electrons. The van der Waals surface area contributed by atoms with E-state index in [2.05, 4.69) is 215 Å². The number of ether oxygens (including phenoxy) is 3. The SMILES string of the molecule is CC/C=C\C/C=C\C/C=C\C/C=C\C/C=C\C/C=C\C/C=C\C/C=C\C/C=C\CCCCCC(=O)OCC(COC(=O)CCCCCCC/C=C\C/C=C\CCC)OC(=O)CCCCCCC/C=C\C/C=C\C/C=C\C/C=C\C/C=C\CC. The van der Waals surface area contributed by atoms with Crippen LogP contribution in [-0.4, -0.2) is 37.2 Å². The molecule has 1 atom stereocenters. The van der Waals surface area contributed by atoms with Gasteiger partial charge in [0.05, 0.1) is 0 Å². The standard InChI is InChI=1S/C77H118O6/c1-4-7-10-13-16-19-22-25-27-29-31-33-34-35-36-37-38-39-40-41-42-44-45-47-49-52-55-58-61-64-67-70-76(79)82-73-74(72-81-75(78)69-66-63-60-57-54-51-24-21-18-15-12-9-6-3)83-77(80)71-68-65-62-59-56-53-50-48-46-43-32-30-28-26-23-20-17-14-11-8-5-2/h7-8,10-12,15-17,19-21,24-28,31-33,35-36,38-39,41-43,45,47-48,50,52,55,74H,4-6,9,13-14,18,22-23,29-30,34,37,40,44,46,49,51,53-54,56-73H2,1-3H3/b10-7-,11-8-,15-12-,19-16-,20-17-,24-21-,27-25-,28-26-,33-31-,36-35-,39-38-,42-41-,43-32-,47-45-,50-48-,55-52-. The molecular formula is C77H118O6. The normalized spacial score (nSPS) is 13.4. The minimum Gasteiger partial charge on any atom is -0.462 e. The molecule has 0 heterocycles. The molecule has 0 aromatic heterocycles. The maximum absolute atomic E-state index is 12.9. The van der Waals surface area contributed by atoms with E-state index < -0.39 is 6.10 Å². The van der Waals surface area contributed by atoms with Crippen molar-refractivity contribution in [3.05, 3.63) is 194 Å². The first-order valence-electron chi connectivity index (χ1n) is 32.9. The summed E-state index contributed by atoms with van der Waals surface area (Å²) < 4.78 is 16.9. The zero-order valence-electron chi connectivity index (χ0n) is 52.9. The molecule has 1 unspecified atom stereocenters. The lowest BCUT2D eigenvalue weighted by Gasteiger charge is -2.18. The van der Waals surface area contributed by atoms with Crippen molar-refractivity contribution in [2.24, 2.45) is 0 Å². The maximum Gasteiger partial charge on any atom is 0.306 e. The summed E-state index contributed by atoms with van der Waals surface area (Å²) in [7, 11) is 0. The van der Waals surface area contributed by atoms with Crippen LogP contribution >= 0.6 is 0 Å². The molecule has 0 aromatic rings. The molecule has 0 bridgehead atoms. The van der Waals surface area contributed by atoms with Gasteiger partial charge in [-0.3, -0.25) is 14.4 Å². The average molecular weight is 1140 g/mol. The quantitative estimate of drug-likeness (QED) is 0.0261. The fourth-order valence-electron chi connectivity index (χ4n) is 8.20. The highest BCUT2D eigenvalue weighted by Gasteiger charge is 2.19. The minimum atomic E-state index is -0.822. The molecule has 6 heteroatoms. The second kappa shape index (κ2) is 68.7. The van der Waals surface area contributed by atoms with Crippen LogP contribution in [0.15, 0.2) is 194 Å². The molecule has 0 aromatic carbocycles. The Balaban J connectivity index is 4.47. The van der Waals surface area contributed by atoms with E-state index in [1.165, 1.54) is 6.42 Å². The summed E-state index contributed by atoms with van der Waals surface area (Å²) >= 11 is 0. The molecule has 83 heavy (non-hydrogen) atoms. The van der Waals surface area contributed by atoms with Crippen LogP contribution in [0.5, 0.6) is 0 Å². The first-order valence-corrected chi connectivity index (χ1v) is 32.9. The second-order valence-electron chi connectivity index (χ2n) is 20.9. The minimum absolute atomic E-state index is 0.114. The van der Waals surface area contributed by atoms with Gasteiger partial charge in [0, 0.05) is 19.3 Å². The summed E-state index contributed by atoms with van der Waals surface area (Å²) in [4.78, 5) is 38.3. The van der Waals surface area contributed by atoms with Gasteiger partial charge in [0.25, 0.3) is 0 Å². The molecule has 462 valence electrons. The maximum atomic E-state index is 12.9. The molecule has 0 amide bonds. The number of allylic oxidation sites excluding steroid dienone is 32. The monoisotopic (exact) mass is 1140 g/mol. The Morgan fingerprint density at radius 2 is 0.470 bits per heavy atom. The Bertz CT molecular complexity index is 1990. The highest BCUT2D eigenvalue weighted by atomic mass is 16.6. The van der Waals surface area contributed by atoms with Crippen molar-refractivity contribution >= 4 is 17.9 Å². The summed E-state index contributed by atoms with van der Waals surface area (Å²) in [6, 6.07) is 0. The Morgan fingerprint density at radius 1 is 0.253 bits per heavy atom. The molecule has 0 rings (SSSR count). The van der Waals surface area contributed by atoms with Crippen molar-refractivity contribution in [2.75, 3.05) is 13.2 Å². The van der Waals surface area contributed by atoms with Crippen molar-refractivity contribution in [1.82, 2.24) is 0 Å². The molecule has 0 fully saturated rings. The van der Waals surface area contributed by atoms with Gasteiger partial charge in [-0.05, 0) is 161 Å². The smallest absolute Gasteiger partial charge is 0.306 e. The van der Waals surface area contributed by atoms with Crippen LogP contribution in [0.1, 0.15) is 252 Å². The lowest BCUT2D eigenvalue weighted by atomic mass is 10.1. The van der Waals surface area contributed by atoms with Crippen LogP contribution in [0, 0.1) is 0 Å². The van der Waals surface area contributed by atoms with Gasteiger partial charge in [0.2, 0.25) is 0 Å². The van der Waals surface area contributed by atoms with E-state index in [9.17, 15) is 14.4 Å². The fourth-order valence-corrected chi connectivity index (χ4v) is 8.20. The van der Waals surface area contributed by atoms with Gasteiger partial charge in [-0.1, -0.05) is 267 Å². The number of hydrogen-bond acceptors (Lipinski definition) is 6. The zero-order valence-corrected chi connectivity index (χ0v) is 52.9. The van der Waals surface area contributed by atoms with Gasteiger partial charge >= 0.3 is 17.9 Å². The van der Waals surface area contributed by atoms with Crippen LogP contribution in [0.4, 0.5) is 0 Å². The molecule has 0 aliphatic rings. The Labute approximate surface area is 509 Å². The lowest BCUT2D eigenvalue weighted by molar-refractivity contribution is -0.167. The first kappa shape index (κ1) is 77.2. The highest BCUT2D eigenvalue weighted by molar-refractivity contribution is 5.71. The average Bonchev–Trinajstić information content (AvgIpc) is 3.49. The van der Waals surface area contributed by atoms with Crippen molar-refractivity contribution in [3.8, 4) is 0 Å². The van der Waals surface area contributed by atoms with Gasteiger partial charge in [-0.15, -0.1) is 0 Å². The predicted molar refractivity (Wildman–Crippen MR) is 361 cm³/mol. The van der Waals surface area contributed by atoms with Crippen molar-refractivity contribution in [2.45, 2.75) is 258 Å². The third kappa shape index (κ3) is 66.9. The van der Waals surface area contributed by atoms with Gasteiger partial charge < -0.3 is 14.2 Å². The van der Waals surface area contributed by atoms with E-state index in [-0.39, 0.29) is 37.5 Å². The zero-order chi connectivity index (χ0) is 59.9. The largest absolute Gasteiger partial charge is 0.462 e. The number of unbranched alkanes of at least 4 members (excludes halogenated alkanes) is 14. The molecule has 6 nitrogen and oxygen atoms in total. The van der Waals surface area contributed by atoms with E-state index in [0.29, 0.717) is 12.8 Å². The van der Waals surface area contributed by atoms with Gasteiger partial charge in [-0.25, -0.2) is 0 Å². The number of rotatable bonds is 57. The number of hydrogen-bond donors (Lipinski definition) is 0. The van der Waals surface area contributed by atoms with Crippen LogP contribution < -0.4 is 0 Å². The van der Waals surface area contributed by atoms with Crippen molar-refractivity contribution in [1.29, 1.82) is 0 Å². The van der Waals surface area contributed by atoms with E-state index >= 15 is 0 Å². The third-order valence-electron chi connectivity index (χ3n) is 13.0. The van der Waals surface area contributed by atoms with Crippen LogP contribution in [0.3, 0.4) is 0 Å². The lowest BCUT2D eigenvalue weighted by Crippen LogP contribution is -2.30. The fraction of sp³-hybridized carbons (Fsp3) is 0.545.